The van der Waals surface area contributed by atoms with E-state index in [1.165, 1.54) is 38.5 Å². The summed E-state index contributed by atoms with van der Waals surface area (Å²) in [6, 6.07) is 0. The maximum absolute atomic E-state index is 11.4. The summed E-state index contributed by atoms with van der Waals surface area (Å²) in [5.74, 6) is 0. The van der Waals surface area contributed by atoms with E-state index in [4.69, 9.17) is 4.74 Å². The third-order valence-electron chi connectivity index (χ3n) is 3.13. The molecule has 0 radical (unpaired) electrons. The zero-order chi connectivity index (χ0) is 11.6. The van der Waals surface area contributed by atoms with Gasteiger partial charge in [0, 0.05) is 6.54 Å². The van der Waals surface area contributed by atoms with Gasteiger partial charge in [-0.1, -0.05) is 32.6 Å². The van der Waals surface area contributed by atoms with Gasteiger partial charge in [0.25, 0.3) is 0 Å². The molecular weight excluding hydrogens is 202 g/mol. The topological polar surface area (TPSA) is 38.3 Å². The van der Waals surface area contributed by atoms with Gasteiger partial charge in [-0.2, -0.15) is 0 Å². The van der Waals surface area contributed by atoms with Gasteiger partial charge in [-0.25, -0.2) is 4.79 Å². The van der Waals surface area contributed by atoms with Crippen molar-refractivity contribution in [1.82, 2.24) is 5.32 Å². The van der Waals surface area contributed by atoms with Crippen molar-refractivity contribution in [3.63, 3.8) is 0 Å². The van der Waals surface area contributed by atoms with Gasteiger partial charge >= 0.3 is 6.09 Å². The van der Waals surface area contributed by atoms with E-state index in [1.54, 1.807) is 0 Å². The number of nitrogens with one attached hydrogen (secondary N) is 1. The van der Waals surface area contributed by atoms with Gasteiger partial charge in [0.2, 0.25) is 0 Å². The van der Waals surface area contributed by atoms with Crippen molar-refractivity contribution in [3.8, 4) is 0 Å². The van der Waals surface area contributed by atoms with E-state index in [2.05, 4.69) is 12.2 Å². The van der Waals surface area contributed by atoms with E-state index in [0.717, 1.165) is 25.8 Å². The maximum atomic E-state index is 11.4. The molecule has 1 aliphatic carbocycles. The molecule has 0 heterocycles. The number of hydrogen-bond acceptors (Lipinski definition) is 2. The molecule has 3 nitrogen and oxygen atoms in total. The van der Waals surface area contributed by atoms with Gasteiger partial charge in [-0.15, -0.1) is 0 Å². The zero-order valence-corrected chi connectivity index (χ0v) is 10.5. The molecule has 0 aromatic rings. The summed E-state index contributed by atoms with van der Waals surface area (Å²) < 4.78 is 5.35. The van der Waals surface area contributed by atoms with Crippen LogP contribution in [0.25, 0.3) is 0 Å². The number of rotatable bonds is 6. The highest BCUT2D eigenvalue weighted by atomic mass is 16.6. The van der Waals surface area contributed by atoms with Crippen molar-refractivity contribution in [2.75, 3.05) is 6.54 Å². The van der Waals surface area contributed by atoms with Crippen LogP contribution in [0.15, 0.2) is 0 Å². The maximum Gasteiger partial charge on any atom is 0.407 e. The van der Waals surface area contributed by atoms with Crippen LogP contribution in [0.1, 0.15) is 64.7 Å². The monoisotopic (exact) mass is 227 g/mol. The zero-order valence-electron chi connectivity index (χ0n) is 10.5. The number of unbranched alkanes of at least 4 members (excludes halogenated alkanes) is 3. The Kier molecular flexibility index (Phi) is 7.02. The standard InChI is InChI=1S/C13H25NO2/c1-2-3-4-8-11-14-13(15)16-12-9-6-5-7-10-12/h12H,2-11H2,1H3,(H,14,15). The van der Waals surface area contributed by atoms with E-state index in [1.807, 2.05) is 0 Å². The van der Waals surface area contributed by atoms with Crippen molar-refractivity contribution in [2.24, 2.45) is 0 Å². The molecule has 1 amide bonds. The highest BCUT2D eigenvalue weighted by Gasteiger charge is 2.16. The largest absolute Gasteiger partial charge is 0.446 e. The van der Waals surface area contributed by atoms with Crippen molar-refractivity contribution < 1.29 is 9.53 Å². The molecule has 0 aliphatic heterocycles. The molecule has 0 atom stereocenters. The van der Waals surface area contributed by atoms with E-state index in [0.29, 0.717) is 0 Å². The summed E-state index contributed by atoms with van der Waals surface area (Å²) in [5, 5.41) is 2.83. The Morgan fingerprint density at radius 3 is 2.62 bits per heavy atom. The van der Waals surface area contributed by atoms with Crippen LogP contribution in [0.4, 0.5) is 4.79 Å². The lowest BCUT2D eigenvalue weighted by atomic mass is 9.98. The highest BCUT2D eigenvalue weighted by Crippen LogP contribution is 2.20. The minimum atomic E-state index is -0.219. The fourth-order valence-electron chi connectivity index (χ4n) is 2.12. The Balaban J connectivity index is 1.97. The minimum absolute atomic E-state index is 0.171. The second-order valence-electron chi connectivity index (χ2n) is 4.65. The third kappa shape index (κ3) is 5.99. The fourth-order valence-corrected chi connectivity index (χ4v) is 2.12. The summed E-state index contributed by atoms with van der Waals surface area (Å²) in [6.07, 6.45) is 10.5. The van der Waals surface area contributed by atoms with Gasteiger partial charge in [-0.3, -0.25) is 0 Å². The molecule has 0 bridgehead atoms. The first-order valence-corrected chi connectivity index (χ1v) is 6.77. The van der Waals surface area contributed by atoms with Gasteiger partial charge in [-0.05, 0) is 32.1 Å². The first-order chi connectivity index (χ1) is 7.83. The fraction of sp³-hybridized carbons (Fsp3) is 0.923. The van der Waals surface area contributed by atoms with Crippen molar-refractivity contribution >= 4 is 6.09 Å². The van der Waals surface area contributed by atoms with Crippen LogP contribution in [-0.2, 0) is 4.74 Å². The van der Waals surface area contributed by atoms with Crippen LogP contribution in [-0.4, -0.2) is 18.7 Å². The van der Waals surface area contributed by atoms with Crippen molar-refractivity contribution in [2.45, 2.75) is 70.8 Å². The molecule has 0 aromatic carbocycles. The van der Waals surface area contributed by atoms with E-state index < -0.39 is 0 Å². The molecule has 1 saturated carbocycles. The van der Waals surface area contributed by atoms with Crippen molar-refractivity contribution in [1.29, 1.82) is 0 Å². The van der Waals surface area contributed by atoms with Crippen molar-refractivity contribution in [3.05, 3.63) is 0 Å². The molecule has 0 spiro atoms. The number of alkyl carbamates (subject to hydrolysis) is 1. The molecule has 1 aliphatic rings. The van der Waals surface area contributed by atoms with Crippen LogP contribution in [0.2, 0.25) is 0 Å². The predicted molar refractivity (Wildman–Crippen MR) is 65.5 cm³/mol. The van der Waals surface area contributed by atoms with Crippen LogP contribution >= 0.6 is 0 Å². The van der Waals surface area contributed by atoms with Gasteiger partial charge < -0.3 is 10.1 Å². The highest BCUT2D eigenvalue weighted by molar-refractivity contribution is 5.67. The number of hydrogen-bond donors (Lipinski definition) is 1. The van der Waals surface area contributed by atoms with Crippen LogP contribution in [0.5, 0.6) is 0 Å². The summed E-state index contributed by atoms with van der Waals surface area (Å²) >= 11 is 0. The number of carbonyl (C=O) groups excluding carboxylic acids is 1. The first-order valence-electron chi connectivity index (χ1n) is 6.77. The van der Waals surface area contributed by atoms with Crippen LogP contribution in [0.3, 0.4) is 0 Å². The van der Waals surface area contributed by atoms with Crippen LogP contribution < -0.4 is 5.32 Å². The summed E-state index contributed by atoms with van der Waals surface area (Å²) in [7, 11) is 0. The Labute approximate surface area is 98.9 Å². The number of carbonyl (C=O) groups is 1. The average Bonchev–Trinajstić information content (AvgIpc) is 2.30. The lowest BCUT2D eigenvalue weighted by Gasteiger charge is -2.21. The Morgan fingerprint density at radius 1 is 1.19 bits per heavy atom. The smallest absolute Gasteiger partial charge is 0.407 e. The molecule has 0 saturated heterocycles. The molecule has 16 heavy (non-hydrogen) atoms. The normalized spacial score (nSPS) is 17.1. The van der Waals surface area contributed by atoms with E-state index >= 15 is 0 Å². The lowest BCUT2D eigenvalue weighted by Crippen LogP contribution is -2.30. The van der Waals surface area contributed by atoms with Gasteiger partial charge in [0.05, 0.1) is 0 Å². The lowest BCUT2D eigenvalue weighted by molar-refractivity contribution is 0.0753. The number of amides is 1. The van der Waals surface area contributed by atoms with Gasteiger partial charge in [0.15, 0.2) is 0 Å². The number of ether oxygens (including phenoxy) is 1. The molecule has 94 valence electrons. The average molecular weight is 227 g/mol. The first kappa shape index (κ1) is 13.3. The van der Waals surface area contributed by atoms with E-state index in [-0.39, 0.29) is 12.2 Å². The van der Waals surface area contributed by atoms with Gasteiger partial charge in [0.1, 0.15) is 6.10 Å². The summed E-state index contributed by atoms with van der Waals surface area (Å²) in [5.41, 5.74) is 0. The molecule has 1 N–H and O–H groups in total. The Bertz CT molecular complexity index is 188. The molecule has 0 unspecified atom stereocenters. The second-order valence-corrected chi connectivity index (χ2v) is 4.65. The van der Waals surface area contributed by atoms with Crippen LogP contribution in [0, 0.1) is 0 Å². The molecule has 1 fully saturated rings. The quantitative estimate of drug-likeness (QED) is 0.704. The predicted octanol–water partition coefficient (Wildman–Crippen LogP) is 3.63. The Morgan fingerprint density at radius 2 is 1.94 bits per heavy atom. The third-order valence-corrected chi connectivity index (χ3v) is 3.13. The summed E-state index contributed by atoms with van der Waals surface area (Å²) in [4.78, 5) is 11.4. The summed E-state index contributed by atoms with van der Waals surface area (Å²) in [6.45, 7) is 2.94. The molecule has 1 rings (SSSR count). The SMILES string of the molecule is CCCCCCNC(=O)OC1CCCCC1. The molecule has 0 aromatic heterocycles. The van der Waals surface area contributed by atoms with E-state index in [9.17, 15) is 4.79 Å². The molecular formula is C13H25NO2. The second kappa shape index (κ2) is 8.43. The Hall–Kier alpha value is -0.730. The minimum Gasteiger partial charge on any atom is -0.446 e. The molecule has 3 heteroatoms.